The summed E-state index contributed by atoms with van der Waals surface area (Å²) >= 11 is 0. The van der Waals surface area contributed by atoms with Crippen LogP contribution in [0.1, 0.15) is 21.5 Å². The van der Waals surface area contributed by atoms with Crippen LogP contribution in [0.15, 0.2) is 42.5 Å². The molecule has 1 heterocycles. The van der Waals surface area contributed by atoms with E-state index in [2.05, 4.69) is 4.98 Å². The number of carbonyl (C=O) groups is 1. The van der Waals surface area contributed by atoms with Crippen LogP contribution in [-0.2, 0) is 0 Å². The summed E-state index contributed by atoms with van der Waals surface area (Å²) in [6.07, 6.45) is 0. The number of hydrogen-bond acceptors (Lipinski definition) is 6. The third-order valence-corrected chi connectivity index (χ3v) is 4.40. The maximum atomic E-state index is 14.7. The monoisotopic (exact) mass is 439 g/mol. The molecule has 32 heavy (non-hydrogen) atoms. The van der Waals surface area contributed by atoms with E-state index in [0.29, 0.717) is 11.3 Å². The van der Waals surface area contributed by atoms with E-state index in [0.717, 1.165) is 0 Å². The van der Waals surface area contributed by atoms with E-state index in [4.69, 9.17) is 19.5 Å². The van der Waals surface area contributed by atoms with Crippen molar-refractivity contribution >= 4 is 5.91 Å². The van der Waals surface area contributed by atoms with Crippen molar-refractivity contribution in [3.05, 3.63) is 70.8 Å². The van der Waals surface area contributed by atoms with Crippen LogP contribution in [0.2, 0.25) is 0 Å². The van der Waals surface area contributed by atoms with Crippen LogP contribution in [0.5, 0.6) is 29.0 Å². The summed E-state index contributed by atoms with van der Waals surface area (Å²) in [4.78, 5) is 17.4. The predicted octanol–water partition coefficient (Wildman–Crippen LogP) is 4.83. The highest BCUT2D eigenvalue weighted by Crippen LogP contribution is 2.34. The molecule has 0 bridgehead atoms. The number of hydrogen-bond donors (Lipinski definition) is 0. The second kappa shape index (κ2) is 9.31. The number of amides is 1. The van der Waals surface area contributed by atoms with Gasteiger partial charge in [0.2, 0.25) is 0 Å². The summed E-state index contributed by atoms with van der Waals surface area (Å²) in [6.45, 7) is 1.21. The lowest BCUT2D eigenvalue weighted by molar-refractivity contribution is 0.0827. The number of methoxy groups -OCH3 is 1. The molecule has 3 rings (SSSR count). The zero-order valence-corrected chi connectivity index (χ0v) is 17.8. The molecule has 1 amide bonds. The SMILES string of the molecule is COc1cc(C#N)cc(Oc2nc(Oc3cccc(C(=O)N(C)C)c3)c(F)c(C)c2F)c1. The van der Waals surface area contributed by atoms with E-state index in [-0.39, 0.29) is 28.5 Å². The van der Waals surface area contributed by atoms with Gasteiger partial charge in [-0.05, 0) is 37.3 Å². The Hall–Kier alpha value is -4.19. The van der Waals surface area contributed by atoms with Gasteiger partial charge in [-0.3, -0.25) is 4.79 Å². The van der Waals surface area contributed by atoms with Crippen molar-refractivity contribution in [1.29, 1.82) is 5.26 Å². The molecule has 0 aliphatic heterocycles. The van der Waals surface area contributed by atoms with Crippen LogP contribution < -0.4 is 14.2 Å². The van der Waals surface area contributed by atoms with Crippen molar-refractivity contribution in [1.82, 2.24) is 9.88 Å². The number of rotatable bonds is 6. The van der Waals surface area contributed by atoms with Gasteiger partial charge in [0.25, 0.3) is 17.7 Å². The minimum absolute atomic E-state index is 0.0721. The number of aromatic nitrogens is 1. The topological polar surface area (TPSA) is 84.7 Å². The first-order valence-electron chi connectivity index (χ1n) is 9.35. The molecule has 0 radical (unpaired) electrons. The van der Waals surface area contributed by atoms with E-state index in [9.17, 15) is 13.6 Å². The molecule has 0 aliphatic carbocycles. The number of benzene rings is 2. The van der Waals surface area contributed by atoms with E-state index >= 15 is 0 Å². The number of pyridine rings is 1. The van der Waals surface area contributed by atoms with Crippen LogP contribution in [0.3, 0.4) is 0 Å². The molecule has 0 saturated heterocycles. The summed E-state index contributed by atoms with van der Waals surface area (Å²) in [5.74, 6) is -2.85. The molecule has 3 aromatic rings. The Balaban J connectivity index is 1.98. The fourth-order valence-electron chi connectivity index (χ4n) is 2.73. The predicted molar refractivity (Wildman–Crippen MR) is 111 cm³/mol. The van der Waals surface area contributed by atoms with Crippen molar-refractivity contribution in [2.45, 2.75) is 6.92 Å². The van der Waals surface area contributed by atoms with Crippen LogP contribution in [-0.4, -0.2) is 37.0 Å². The summed E-state index contributed by atoms with van der Waals surface area (Å²) in [6, 6.07) is 12.3. The van der Waals surface area contributed by atoms with Gasteiger partial charge in [0, 0.05) is 31.3 Å². The number of nitrogens with zero attached hydrogens (tertiary/aromatic N) is 3. The second-order valence-corrected chi connectivity index (χ2v) is 6.92. The molecule has 0 N–H and O–H groups in total. The van der Waals surface area contributed by atoms with Crippen LogP contribution in [0.25, 0.3) is 0 Å². The first-order valence-corrected chi connectivity index (χ1v) is 9.35. The molecule has 9 heteroatoms. The summed E-state index contributed by atoms with van der Waals surface area (Å²) in [5.41, 5.74) is 0.176. The van der Waals surface area contributed by atoms with Gasteiger partial charge in [-0.1, -0.05) is 6.07 Å². The molecule has 2 aromatic carbocycles. The van der Waals surface area contributed by atoms with Gasteiger partial charge >= 0.3 is 0 Å². The van der Waals surface area contributed by atoms with Gasteiger partial charge in [0.15, 0.2) is 11.6 Å². The normalized spacial score (nSPS) is 10.3. The Morgan fingerprint density at radius 2 is 1.62 bits per heavy atom. The molecule has 164 valence electrons. The Morgan fingerprint density at radius 1 is 1.00 bits per heavy atom. The molecule has 0 spiro atoms. The molecule has 0 fully saturated rings. The molecular weight excluding hydrogens is 420 g/mol. The highest BCUT2D eigenvalue weighted by atomic mass is 19.1. The molecule has 0 aliphatic rings. The first-order chi connectivity index (χ1) is 15.2. The zero-order chi connectivity index (χ0) is 23.4. The fourth-order valence-corrected chi connectivity index (χ4v) is 2.73. The van der Waals surface area contributed by atoms with Crippen LogP contribution >= 0.6 is 0 Å². The van der Waals surface area contributed by atoms with Crippen molar-refractivity contribution in [2.24, 2.45) is 0 Å². The first kappa shape index (κ1) is 22.5. The zero-order valence-electron chi connectivity index (χ0n) is 17.8. The van der Waals surface area contributed by atoms with Crippen molar-refractivity contribution in [3.8, 4) is 35.1 Å². The molecule has 0 saturated carbocycles. The minimum atomic E-state index is -1.02. The maximum absolute atomic E-state index is 14.7. The summed E-state index contributed by atoms with van der Waals surface area (Å²) in [7, 11) is 4.60. The second-order valence-electron chi connectivity index (χ2n) is 6.92. The highest BCUT2D eigenvalue weighted by Gasteiger charge is 2.21. The number of carbonyl (C=O) groups excluding carboxylic acids is 1. The fraction of sp³-hybridized carbons (Fsp3) is 0.174. The average molecular weight is 439 g/mol. The molecular formula is C23H19F2N3O4. The third-order valence-electron chi connectivity index (χ3n) is 4.40. The van der Waals surface area contributed by atoms with E-state index in [1.807, 2.05) is 6.07 Å². The van der Waals surface area contributed by atoms with Crippen molar-refractivity contribution in [3.63, 3.8) is 0 Å². The Morgan fingerprint density at radius 3 is 2.22 bits per heavy atom. The average Bonchev–Trinajstić information content (AvgIpc) is 2.80. The lowest BCUT2D eigenvalue weighted by atomic mass is 10.2. The Labute approximate surface area is 183 Å². The van der Waals surface area contributed by atoms with Gasteiger partial charge in [-0.25, -0.2) is 8.78 Å². The quantitative estimate of drug-likeness (QED) is 0.547. The van der Waals surface area contributed by atoms with E-state index in [1.54, 1.807) is 26.2 Å². The van der Waals surface area contributed by atoms with Gasteiger partial charge in [-0.2, -0.15) is 10.2 Å². The van der Waals surface area contributed by atoms with Crippen LogP contribution in [0, 0.1) is 29.9 Å². The summed E-state index contributed by atoms with van der Waals surface area (Å²) in [5, 5.41) is 9.14. The lowest BCUT2D eigenvalue weighted by Gasteiger charge is -2.14. The number of nitriles is 1. The number of ether oxygens (including phenoxy) is 3. The van der Waals surface area contributed by atoms with Crippen molar-refractivity contribution < 1.29 is 27.8 Å². The molecule has 1 aromatic heterocycles. The lowest BCUT2D eigenvalue weighted by Crippen LogP contribution is -2.21. The number of halogens is 2. The Bertz CT molecular complexity index is 1220. The Kier molecular flexibility index (Phi) is 6.54. The highest BCUT2D eigenvalue weighted by molar-refractivity contribution is 5.94. The molecule has 0 atom stereocenters. The minimum Gasteiger partial charge on any atom is -0.497 e. The third kappa shape index (κ3) is 4.75. The van der Waals surface area contributed by atoms with Gasteiger partial charge in [0.1, 0.15) is 17.2 Å². The largest absolute Gasteiger partial charge is 0.497 e. The van der Waals surface area contributed by atoms with Gasteiger partial charge in [-0.15, -0.1) is 0 Å². The van der Waals surface area contributed by atoms with E-state index < -0.39 is 23.4 Å². The standard InChI is InChI=1S/C23H19F2N3O4/c1-13-19(24)21(31-16-7-5-6-15(10-16)23(29)28(2)3)27-22(20(13)25)32-18-9-14(12-26)8-17(11-18)30-4/h5-11H,1-4H3. The van der Waals surface area contributed by atoms with Crippen molar-refractivity contribution in [2.75, 3.05) is 21.2 Å². The maximum Gasteiger partial charge on any atom is 0.259 e. The van der Waals surface area contributed by atoms with E-state index in [1.165, 1.54) is 49.3 Å². The van der Waals surface area contributed by atoms with Gasteiger partial charge in [0.05, 0.1) is 18.7 Å². The molecule has 0 unspecified atom stereocenters. The van der Waals surface area contributed by atoms with Gasteiger partial charge < -0.3 is 19.1 Å². The van der Waals surface area contributed by atoms with Crippen LogP contribution in [0.4, 0.5) is 8.78 Å². The smallest absolute Gasteiger partial charge is 0.259 e. The molecule has 7 nitrogen and oxygen atoms in total. The summed E-state index contributed by atoms with van der Waals surface area (Å²) < 4.78 is 45.4.